The standard InChI is InChI=1S/C23H33N4O6P/c1-15(2)9-21(27-22(29)20(26-16(3)28)11-19-12-24-14-25-19)34(32,33)13-18(23(30)31)10-17-7-5-4-6-8-17/h4-8,12,14-15,18,20-21H,9-11,13H2,1-3H3,(H,24,25)(H,26,28)(H,27,29)(H,30,31)(H,32,33)/t18-,20+,21+/m1/s1. The number of hydrogen-bond donors (Lipinski definition) is 5. The molecule has 0 spiro atoms. The van der Waals surface area contributed by atoms with E-state index in [0.29, 0.717) is 5.69 Å². The van der Waals surface area contributed by atoms with E-state index in [-0.39, 0.29) is 25.2 Å². The second-order valence-electron chi connectivity index (χ2n) is 8.85. The molecule has 2 rings (SSSR count). The summed E-state index contributed by atoms with van der Waals surface area (Å²) in [6.45, 7) is 4.96. The summed E-state index contributed by atoms with van der Waals surface area (Å²) in [5, 5.41) is 14.9. The molecule has 0 saturated heterocycles. The summed E-state index contributed by atoms with van der Waals surface area (Å²) in [7, 11) is -4.15. The number of nitrogens with zero attached hydrogens (tertiary/aromatic N) is 1. The molecule has 0 aliphatic heterocycles. The number of carbonyl (C=O) groups excluding carboxylic acids is 2. The molecule has 5 N–H and O–H groups in total. The predicted molar refractivity (Wildman–Crippen MR) is 127 cm³/mol. The van der Waals surface area contributed by atoms with Crippen molar-refractivity contribution in [2.45, 2.75) is 51.9 Å². The number of carboxylic acids is 1. The highest BCUT2D eigenvalue weighted by Gasteiger charge is 2.38. The molecule has 0 radical (unpaired) electrons. The maximum Gasteiger partial charge on any atom is 0.307 e. The Morgan fingerprint density at radius 1 is 1.12 bits per heavy atom. The minimum Gasteiger partial charge on any atom is -0.481 e. The van der Waals surface area contributed by atoms with Crippen LogP contribution in [0.3, 0.4) is 0 Å². The maximum atomic E-state index is 13.4. The molecule has 2 aromatic rings. The Balaban J connectivity index is 2.21. The van der Waals surface area contributed by atoms with Gasteiger partial charge in [0.1, 0.15) is 11.8 Å². The fraction of sp³-hybridized carbons (Fsp3) is 0.478. The van der Waals surface area contributed by atoms with Gasteiger partial charge in [0.15, 0.2) is 0 Å². The number of carboxylic acid groups (broad SMARTS) is 1. The molecular weight excluding hydrogens is 459 g/mol. The zero-order valence-electron chi connectivity index (χ0n) is 19.6. The van der Waals surface area contributed by atoms with Gasteiger partial charge in [0.25, 0.3) is 0 Å². The van der Waals surface area contributed by atoms with Crippen LogP contribution in [0.1, 0.15) is 38.4 Å². The van der Waals surface area contributed by atoms with E-state index in [0.717, 1.165) is 5.56 Å². The number of nitrogens with one attached hydrogen (secondary N) is 3. The quantitative estimate of drug-likeness (QED) is 0.268. The van der Waals surface area contributed by atoms with Crippen LogP contribution in [0.2, 0.25) is 0 Å². The molecule has 186 valence electrons. The summed E-state index contributed by atoms with van der Waals surface area (Å²) in [5.41, 5.74) is 1.35. The Morgan fingerprint density at radius 2 is 1.79 bits per heavy atom. The van der Waals surface area contributed by atoms with Crippen LogP contribution < -0.4 is 10.6 Å². The summed E-state index contributed by atoms with van der Waals surface area (Å²) in [6, 6.07) is 7.89. The first kappa shape index (κ1) is 27.3. The molecule has 0 aliphatic carbocycles. The van der Waals surface area contributed by atoms with Crippen molar-refractivity contribution in [2.24, 2.45) is 11.8 Å². The summed E-state index contributed by atoms with van der Waals surface area (Å²) in [4.78, 5) is 54.3. The Morgan fingerprint density at radius 3 is 2.32 bits per heavy atom. The molecule has 0 saturated carbocycles. The summed E-state index contributed by atoms with van der Waals surface area (Å²) >= 11 is 0. The first-order valence-electron chi connectivity index (χ1n) is 11.1. The van der Waals surface area contributed by atoms with Gasteiger partial charge in [0, 0.05) is 31.4 Å². The molecule has 0 bridgehead atoms. The number of aromatic nitrogens is 2. The lowest BCUT2D eigenvalue weighted by Crippen LogP contribution is -2.50. The van der Waals surface area contributed by atoms with Gasteiger partial charge < -0.3 is 25.6 Å². The van der Waals surface area contributed by atoms with E-state index in [9.17, 15) is 28.9 Å². The molecule has 0 fully saturated rings. The first-order chi connectivity index (χ1) is 16.0. The van der Waals surface area contributed by atoms with Crippen LogP contribution in [0.5, 0.6) is 0 Å². The van der Waals surface area contributed by atoms with E-state index in [1.54, 1.807) is 30.3 Å². The third-order valence-corrected chi connectivity index (χ3v) is 7.60. The van der Waals surface area contributed by atoms with Crippen molar-refractivity contribution in [3.8, 4) is 0 Å². The van der Waals surface area contributed by atoms with Crippen LogP contribution in [-0.4, -0.2) is 55.7 Å². The Labute approximate surface area is 199 Å². The van der Waals surface area contributed by atoms with Crippen LogP contribution in [0, 0.1) is 11.8 Å². The van der Waals surface area contributed by atoms with Gasteiger partial charge in [0.2, 0.25) is 19.2 Å². The molecular formula is C23H33N4O6P. The van der Waals surface area contributed by atoms with E-state index in [1.807, 2.05) is 13.8 Å². The Hall–Kier alpha value is -2.97. The zero-order chi connectivity index (χ0) is 25.3. The fourth-order valence-electron chi connectivity index (χ4n) is 3.68. The van der Waals surface area contributed by atoms with E-state index < -0.39 is 49.1 Å². The van der Waals surface area contributed by atoms with E-state index >= 15 is 0 Å². The van der Waals surface area contributed by atoms with E-state index in [2.05, 4.69) is 20.6 Å². The molecule has 1 aromatic carbocycles. The van der Waals surface area contributed by atoms with Crippen molar-refractivity contribution in [3.05, 3.63) is 54.1 Å². The van der Waals surface area contributed by atoms with Crippen molar-refractivity contribution in [2.75, 3.05) is 6.16 Å². The predicted octanol–water partition coefficient (Wildman–Crippen LogP) is 2.16. The topological polar surface area (TPSA) is 161 Å². The highest BCUT2D eigenvalue weighted by molar-refractivity contribution is 7.58. The van der Waals surface area contributed by atoms with Crippen LogP contribution in [-0.2, 0) is 31.8 Å². The van der Waals surface area contributed by atoms with Gasteiger partial charge in [-0.1, -0.05) is 44.2 Å². The SMILES string of the molecule is CC(=O)N[C@@H](Cc1cnc[nH]1)C(=O)N[C@H](CC(C)C)P(=O)(O)C[C@@H](Cc1ccccc1)C(=O)O. The lowest BCUT2D eigenvalue weighted by molar-refractivity contribution is -0.141. The lowest BCUT2D eigenvalue weighted by Gasteiger charge is -2.29. The number of aliphatic carboxylic acids is 1. The van der Waals surface area contributed by atoms with Crippen LogP contribution in [0.25, 0.3) is 0 Å². The number of imidazole rings is 1. The number of hydrogen-bond acceptors (Lipinski definition) is 5. The second-order valence-corrected chi connectivity index (χ2v) is 11.4. The summed E-state index contributed by atoms with van der Waals surface area (Å²) in [5.74, 6) is -4.53. The van der Waals surface area contributed by atoms with Gasteiger partial charge in [-0.25, -0.2) is 4.98 Å². The third-order valence-electron chi connectivity index (χ3n) is 5.32. The normalized spacial score (nSPS) is 15.7. The molecule has 2 amide bonds. The lowest BCUT2D eigenvalue weighted by atomic mass is 10.0. The molecule has 10 nitrogen and oxygen atoms in total. The number of H-pyrrole nitrogens is 1. The Bertz CT molecular complexity index is 996. The number of carbonyl (C=O) groups is 3. The molecule has 4 atom stereocenters. The summed E-state index contributed by atoms with van der Waals surface area (Å²) in [6.07, 6.45) is 2.86. The average molecular weight is 493 g/mol. The minimum atomic E-state index is -4.15. The number of amides is 2. The van der Waals surface area contributed by atoms with Gasteiger partial charge in [-0.05, 0) is 24.3 Å². The minimum absolute atomic E-state index is 0.0463. The van der Waals surface area contributed by atoms with Gasteiger partial charge >= 0.3 is 5.97 Å². The third kappa shape index (κ3) is 8.76. The van der Waals surface area contributed by atoms with E-state index in [4.69, 9.17) is 0 Å². The van der Waals surface area contributed by atoms with Crippen molar-refractivity contribution >= 4 is 25.2 Å². The van der Waals surface area contributed by atoms with Crippen molar-refractivity contribution < 1.29 is 28.9 Å². The zero-order valence-corrected chi connectivity index (χ0v) is 20.5. The number of rotatable bonds is 13. The molecule has 1 heterocycles. The number of benzene rings is 1. The molecule has 11 heteroatoms. The number of aromatic amines is 1. The highest BCUT2D eigenvalue weighted by Crippen LogP contribution is 2.49. The van der Waals surface area contributed by atoms with Gasteiger partial charge in [-0.2, -0.15) is 0 Å². The highest BCUT2D eigenvalue weighted by atomic mass is 31.2. The Kier molecular flexibility index (Phi) is 10.0. The van der Waals surface area contributed by atoms with Crippen LogP contribution >= 0.6 is 7.37 Å². The van der Waals surface area contributed by atoms with Crippen LogP contribution in [0.4, 0.5) is 0 Å². The summed E-state index contributed by atoms with van der Waals surface area (Å²) < 4.78 is 13.4. The largest absolute Gasteiger partial charge is 0.481 e. The maximum absolute atomic E-state index is 13.4. The monoisotopic (exact) mass is 492 g/mol. The second kappa shape index (κ2) is 12.5. The van der Waals surface area contributed by atoms with Crippen LogP contribution in [0.15, 0.2) is 42.9 Å². The fourth-order valence-corrected chi connectivity index (χ4v) is 5.93. The average Bonchev–Trinajstić information content (AvgIpc) is 3.25. The van der Waals surface area contributed by atoms with Gasteiger partial charge in [-0.3, -0.25) is 18.9 Å². The van der Waals surface area contributed by atoms with E-state index in [1.165, 1.54) is 19.4 Å². The van der Waals surface area contributed by atoms with Crippen molar-refractivity contribution in [1.82, 2.24) is 20.6 Å². The first-order valence-corrected chi connectivity index (χ1v) is 13.0. The molecule has 34 heavy (non-hydrogen) atoms. The van der Waals surface area contributed by atoms with Crippen molar-refractivity contribution in [1.29, 1.82) is 0 Å². The van der Waals surface area contributed by atoms with Crippen molar-refractivity contribution in [3.63, 3.8) is 0 Å². The van der Waals surface area contributed by atoms with Gasteiger partial charge in [0.05, 0.1) is 12.2 Å². The van der Waals surface area contributed by atoms with Gasteiger partial charge in [-0.15, -0.1) is 0 Å². The smallest absolute Gasteiger partial charge is 0.307 e. The molecule has 0 aliphatic rings. The molecule has 1 unspecified atom stereocenters. The molecule has 1 aromatic heterocycles.